The molecule has 1 aliphatic heterocycles. The second-order valence-corrected chi connectivity index (χ2v) is 12.7. The number of esters is 3. The van der Waals surface area contributed by atoms with E-state index in [4.69, 9.17) is 30.5 Å². The molecule has 8 nitrogen and oxygen atoms in total. The molecule has 0 aromatic heterocycles. The van der Waals surface area contributed by atoms with Crippen LogP contribution >= 0.6 is 11.6 Å². The lowest BCUT2D eigenvalue weighted by molar-refractivity contribution is -0.255. The Balaban J connectivity index is 2.51. The smallest absolute Gasteiger partial charge is 0.311 e. The van der Waals surface area contributed by atoms with E-state index < -0.39 is 64.7 Å². The van der Waals surface area contributed by atoms with Crippen LogP contribution in [0.1, 0.15) is 74.0 Å². The highest BCUT2D eigenvalue weighted by Crippen LogP contribution is 2.38. The molecule has 36 heavy (non-hydrogen) atoms. The molecule has 2 rings (SSSR count). The zero-order valence-electron chi connectivity index (χ0n) is 22.6. The summed E-state index contributed by atoms with van der Waals surface area (Å²) in [4.78, 5) is 38.3. The molecule has 1 aromatic carbocycles. The summed E-state index contributed by atoms with van der Waals surface area (Å²) in [5, 5.41) is 11.8. The van der Waals surface area contributed by atoms with Gasteiger partial charge in [-0.3, -0.25) is 14.4 Å². The Hall–Kier alpha value is -2.16. The van der Waals surface area contributed by atoms with E-state index in [1.807, 2.05) is 0 Å². The second-order valence-electron chi connectivity index (χ2n) is 12.2. The molecule has 0 amide bonds. The van der Waals surface area contributed by atoms with Crippen LogP contribution in [0, 0.1) is 16.2 Å². The van der Waals surface area contributed by atoms with Crippen LogP contribution in [0.5, 0.6) is 0 Å². The van der Waals surface area contributed by atoms with Crippen LogP contribution in [0.25, 0.3) is 0 Å². The van der Waals surface area contributed by atoms with Crippen molar-refractivity contribution in [2.75, 3.05) is 6.61 Å². The van der Waals surface area contributed by atoms with E-state index in [2.05, 4.69) is 0 Å². The van der Waals surface area contributed by atoms with Crippen LogP contribution < -0.4 is 0 Å². The third-order valence-corrected chi connectivity index (χ3v) is 5.81. The average molecular weight is 527 g/mol. The predicted molar refractivity (Wildman–Crippen MR) is 134 cm³/mol. The van der Waals surface area contributed by atoms with Crippen molar-refractivity contribution < 1.29 is 38.4 Å². The summed E-state index contributed by atoms with van der Waals surface area (Å²) in [5.74, 6) is -1.66. The molecule has 1 N–H and O–H groups in total. The highest BCUT2D eigenvalue weighted by atomic mass is 35.5. The van der Waals surface area contributed by atoms with Crippen molar-refractivity contribution in [1.82, 2.24) is 0 Å². The maximum absolute atomic E-state index is 12.9. The number of hydrogen-bond donors (Lipinski definition) is 1. The van der Waals surface area contributed by atoms with Crippen molar-refractivity contribution in [2.24, 2.45) is 16.2 Å². The highest BCUT2D eigenvalue weighted by Gasteiger charge is 2.52. The zero-order chi connectivity index (χ0) is 27.6. The van der Waals surface area contributed by atoms with Gasteiger partial charge in [-0.05, 0) is 80.0 Å². The largest absolute Gasteiger partial charge is 0.462 e. The molecule has 0 aliphatic carbocycles. The van der Waals surface area contributed by atoms with E-state index in [1.165, 1.54) is 0 Å². The number of aliphatic hydroxyl groups excluding tert-OH is 1. The molecule has 0 radical (unpaired) electrons. The lowest BCUT2D eigenvalue weighted by Crippen LogP contribution is -2.59. The number of ether oxygens (including phenoxy) is 4. The average Bonchev–Trinajstić information content (AvgIpc) is 2.73. The number of carbonyl (C=O) groups is 3. The Labute approximate surface area is 218 Å². The molecule has 1 fully saturated rings. The first-order valence-corrected chi connectivity index (χ1v) is 12.4. The summed E-state index contributed by atoms with van der Waals surface area (Å²) in [6.45, 7) is 14.9. The van der Waals surface area contributed by atoms with Gasteiger partial charge in [0.05, 0.1) is 16.2 Å². The molecular weight excluding hydrogens is 488 g/mol. The van der Waals surface area contributed by atoms with Gasteiger partial charge in [0, 0.05) is 5.02 Å². The monoisotopic (exact) mass is 526 g/mol. The first-order valence-electron chi connectivity index (χ1n) is 12.0. The zero-order valence-corrected chi connectivity index (χ0v) is 23.3. The van der Waals surface area contributed by atoms with Crippen LogP contribution in [-0.2, 0) is 33.3 Å². The molecule has 0 spiro atoms. The maximum Gasteiger partial charge on any atom is 0.311 e. The summed E-state index contributed by atoms with van der Waals surface area (Å²) >= 11 is 6.03. The second kappa shape index (κ2) is 11.1. The van der Waals surface area contributed by atoms with E-state index >= 15 is 0 Å². The van der Waals surface area contributed by atoms with E-state index in [0.29, 0.717) is 10.6 Å². The molecule has 1 heterocycles. The molecule has 0 unspecified atom stereocenters. The Bertz CT molecular complexity index is 936. The first-order chi connectivity index (χ1) is 16.3. The van der Waals surface area contributed by atoms with Crippen LogP contribution in [0.15, 0.2) is 24.3 Å². The van der Waals surface area contributed by atoms with Gasteiger partial charge in [0.25, 0.3) is 0 Å². The first kappa shape index (κ1) is 30.1. The standard InChI is InChI=1S/C27H39ClO8/c1-25(2,3)22(30)33-14-17-20(35-23(31)26(4,5)6)21(36-24(32)27(7,8)9)18(29)19(34-17)15-10-12-16(28)13-11-15/h10-13,17-21,29H,14H2,1-9H3/t17-,18+,19-,20-,21-/m1/s1. The van der Waals surface area contributed by atoms with Gasteiger partial charge in [-0.25, -0.2) is 0 Å². The Kier molecular flexibility index (Phi) is 9.25. The number of aliphatic hydroxyl groups is 1. The van der Waals surface area contributed by atoms with Crippen molar-refractivity contribution in [3.8, 4) is 0 Å². The Morgan fingerprint density at radius 1 is 0.806 bits per heavy atom. The summed E-state index contributed by atoms with van der Waals surface area (Å²) < 4.78 is 23.2. The van der Waals surface area contributed by atoms with E-state index in [-0.39, 0.29) is 6.61 Å². The SMILES string of the molecule is CC(C)(C)C(=O)OC[C@H]1O[C@H](c2ccc(Cl)cc2)[C@H](O)[C@@H](OC(=O)C(C)(C)C)[C@@H]1OC(=O)C(C)(C)C. The Morgan fingerprint density at radius 3 is 1.69 bits per heavy atom. The number of rotatable bonds is 5. The third kappa shape index (κ3) is 7.67. The van der Waals surface area contributed by atoms with Crippen LogP contribution in [0.2, 0.25) is 5.02 Å². The minimum absolute atomic E-state index is 0.279. The van der Waals surface area contributed by atoms with Crippen molar-refractivity contribution in [1.29, 1.82) is 0 Å². The number of benzene rings is 1. The molecule has 0 bridgehead atoms. The van der Waals surface area contributed by atoms with Gasteiger partial charge < -0.3 is 24.1 Å². The van der Waals surface area contributed by atoms with E-state index in [0.717, 1.165) is 0 Å². The lowest BCUT2D eigenvalue weighted by atomic mass is 9.89. The minimum atomic E-state index is -1.38. The van der Waals surface area contributed by atoms with E-state index in [9.17, 15) is 19.5 Å². The van der Waals surface area contributed by atoms with Gasteiger partial charge in [0.1, 0.15) is 24.9 Å². The molecule has 5 atom stereocenters. The van der Waals surface area contributed by atoms with Gasteiger partial charge >= 0.3 is 17.9 Å². The molecule has 0 saturated carbocycles. The fourth-order valence-electron chi connectivity index (χ4n) is 3.24. The lowest BCUT2D eigenvalue weighted by Gasteiger charge is -2.44. The highest BCUT2D eigenvalue weighted by molar-refractivity contribution is 6.30. The normalized spacial score (nSPS) is 25.1. The molecule has 202 valence electrons. The summed E-state index contributed by atoms with van der Waals surface area (Å²) in [5.41, 5.74) is -1.99. The quantitative estimate of drug-likeness (QED) is 0.436. The summed E-state index contributed by atoms with van der Waals surface area (Å²) in [7, 11) is 0. The predicted octanol–water partition coefficient (Wildman–Crippen LogP) is 4.65. The molecule has 1 saturated heterocycles. The molecule has 1 aromatic rings. The van der Waals surface area contributed by atoms with Crippen LogP contribution in [0.3, 0.4) is 0 Å². The minimum Gasteiger partial charge on any atom is -0.462 e. The van der Waals surface area contributed by atoms with Gasteiger partial charge in [0.2, 0.25) is 0 Å². The van der Waals surface area contributed by atoms with Crippen LogP contribution in [0.4, 0.5) is 0 Å². The van der Waals surface area contributed by atoms with Gasteiger partial charge in [-0.1, -0.05) is 23.7 Å². The fourth-order valence-corrected chi connectivity index (χ4v) is 3.37. The number of halogens is 1. The van der Waals surface area contributed by atoms with Crippen molar-refractivity contribution in [3.05, 3.63) is 34.9 Å². The number of carbonyl (C=O) groups excluding carboxylic acids is 3. The van der Waals surface area contributed by atoms with Gasteiger partial charge in [0.15, 0.2) is 12.2 Å². The molecular formula is C27H39ClO8. The molecule has 1 aliphatic rings. The summed E-state index contributed by atoms with van der Waals surface area (Å²) in [6, 6.07) is 6.64. The van der Waals surface area contributed by atoms with Gasteiger partial charge in [-0.2, -0.15) is 0 Å². The molecule has 9 heteroatoms. The van der Waals surface area contributed by atoms with E-state index in [1.54, 1.807) is 86.6 Å². The van der Waals surface area contributed by atoms with Crippen LogP contribution in [-0.4, -0.2) is 54.0 Å². The van der Waals surface area contributed by atoms with Crippen molar-refractivity contribution in [2.45, 2.75) is 92.8 Å². The van der Waals surface area contributed by atoms with Crippen molar-refractivity contribution >= 4 is 29.5 Å². The fraction of sp³-hybridized carbons (Fsp3) is 0.667. The van der Waals surface area contributed by atoms with Gasteiger partial charge in [-0.15, -0.1) is 0 Å². The number of hydrogen-bond acceptors (Lipinski definition) is 8. The third-order valence-electron chi connectivity index (χ3n) is 5.56. The Morgan fingerprint density at radius 2 is 1.25 bits per heavy atom. The topological polar surface area (TPSA) is 108 Å². The summed E-state index contributed by atoms with van der Waals surface area (Å²) in [6.07, 6.45) is -5.89. The maximum atomic E-state index is 12.9. The van der Waals surface area contributed by atoms with Crippen molar-refractivity contribution in [3.63, 3.8) is 0 Å².